The molecule has 0 saturated heterocycles. The first-order chi connectivity index (χ1) is 10.7. The maximum atomic E-state index is 12.4. The van der Waals surface area contributed by atoms with E-state index < -0.39 is 0 Å². The van der Waals surface area contributed by atoms with Gasteiger partial charge < -0.3 is 19.2 Å². The van der Waals surface area contributed by atoms with Gasteiger partial charge >= 0.3 is 0 Å². The number of carbonyl (C=O) groups is 1. The van der Waals surface area contributed by atoms with Crippen LogP contribution in [-0.4, -0.2) is 36.2 Å². The molecule has 0 radical (unpaired) electrons. The minimum absolute atomic E-state index is 0.0108. The molecule has 0 bridgehead atoms. The number of hydrogen-bond donors (Lipinski definition) is 1. The molecule has 0 aliphatic heterocycles. The Labute approximate surface area is 130 Å². The fourth-order valence-corrected chi connectivity index (χ4v) is 2.21. The van der Waals surface area contributed by atoms with E-state index in [-0.39, 0.29) is 11.7 Å². The van der Waals surface area contributed by atoms with Crippen LogP contribution in [0.3, 0.4) is 0 Å². The number of phenolic OH excluding ortho intramolecular Hbond substituents is 1. The first-order valence-corrected chi connectivity index (χ1v) is 7.26. The van der Waals surface area contributed by atoms with Crippen LogP contribution in [0.5, 0.6) is 5.75 Å². The molecule has 1 aromatic heterocycles. The SMILES string of the molecule is COCCN(Cc1ccco1)C(=O)CCc1ccccc1O. The van der Waals surface area contributed by atoms with Crippen molar-refractivity contribution in [3.63, 3.8) is 0 Å². The fraction of sp³-hybridized carbons (Fsp3) is 0.353. The lowest BCUT2D eigenvalue weighted by Gasteiger charge is -2.21. The van der Waals surface area contributed by atoms with E-state index in [0.717, 1.165) is 11.3 Å². The second-order valence-corrected chi connectivity index (χ2v) is 5.02. The summed E-state index contributed by atoms with van der Waals surface area (Å²) in [4.78, 5) is 14.1. The zero-order valence-corrected chi connectivity index (χ0v) is 12.7. The van der Waals surface area contributed by atoms with E-state index in [4.69, 9.17) is 9.15 Å². The highest BCUT2D eigenvalue weighted by Gasteiger charge is 2.15. The number of carbonyl (C=O) groups excluding carboxylic acids is 1. The van der Waals surface area contributed by atoms with Crippen LogP contribution in [0.4, 0.5) is 0 Å². The van der Waals surface area contributed by atoms with Crippen molar-refractivity contribution >= 4 is 5.91 Å². The van der Waals surface area contributed by atoms with Crippen LogP contribution in [0.25, 0.3) is 0 Å². The molecular formula is C17H21NO4. The number of rotatable bonds is 8. The van der Waals surface area contributed by atoms with Gasteiger partial charge in [0.15, 0.2) is 0 Å². The second-order valence-electron chi connectivity index (χ2n) is 5.02. The lowest BCUT2D eigenvalue weighted by atomic mass is 10.1. The van der Waals surface area contributed by atoms with Gasteiger partial charge in [0.05, 0.1) is 19.4 Å². The molecule has 1 N–H and O–H groups in total. The summed E-state index contributed by atoms with van der Waals surface area (Å²) < 4.78 is 10.4. The maximum Gasteiger partial charge on any atom is 0.223 e. The van der Waals surface area contributed by atoms with Crippen molar-refractivity contribution in [2.45, 2.75) is 19.4 Å². The van der Waals surface area contributed by atoms with Crippen LogP contribution in [0.15, 0.2) is 47.1 Å². The molecule has 0 saturated carbocycles. The monoisotopic (exact) mass is 303 g/mol. The molecule has 0 unspecified atom stereocenters. The Morgan fingerprint density at radius 1 is 1.27 bits per heavy atom. The van der Waals surface area contributed by atoms with Gasteiger partial charge in [-0.1, -0.05) is 18.2 Å². The molecule has 2 rings (SSSR count). The van der Waals surface area contributed by atoms with Crippen molar-refractivity contribution in [3.05, 3.63) is 54.0 Å². The summed E-state index contributed by atoms with van der Waals surface area (Å²) in [5, 5.41) is 9.75. The standard InChI is InChI=1S/C17H21NO4/c1-21-12-10-18(13-15-6-4-11-22-15)17(20)9-8-14-5-2-3-7-16(14)19/h2-7,11,19H,8-10,12-13H2,1H3. The number of para-hydroxylation sites is 1. The first kappa shape index (κ1) is 16.1. The Bertz CT molecular complexity index is 580. The van der Waals surface area contributed by atoms with Crippen molar-refractivity contribution in [1.82, 2.24) is 4.90 Å². The minimum Gasteiger partial charge on any atom is -0.508 e. The van der Waals surface area contributed by atoms with Crippen molar-refractivity contribution in [2.24, 2.45) is 0 Å². The zero-order valence-electron chi connectivity index (χ0n) is 12.7. The average Bonchev–Trinajstić information content (AvgIpc) is 3.03. The highest BCUT2D eigenvalue weighted by Crippen LogP contribution is 2.18. The highest BCUT2D eigenvalue weighted by atomic mass is 16.5. The second kappa shape index (κ2) is 8.24. The average molecular weight is 303 g/mol. The third-order valence-electron chi connectivity index (χ3n) is 3.44. The Hall–Kier alpha value is -2.27. The van der Waals surface area contributed by atoms with Gasteiger partial charge in [0.25, 0.3) is 0 Å². The van der Waals surface area contributed by atoms with E-state index in [9.17, 15) is 9.90 Å². The number of amides is 1. The Balaban J connectivity index is 1.94. The number of methoxy groups -OCH3 is 1. The third-order valence-corrected chi connectivity index (χ3v) is 3.44. The lowest BCUT2D eigenvalue weighted by molar-refractivity contribution is -0.132. The van der Waals surface area contributed by atoms with Gasteiger partial charge in [-0.3, -0.25) is 4.79 Å². The first-order valence-electron chi connectivity index (χ1n) is 7.26. The van der Waals surface area contributed by atoms with Crippen LogP contribution in [0, 0.1) is 0 Å². The van der Waals surface area contributed by atoms with Crippen molar-refractivity contribution in [2.75, 3.05) is 20.3 Å². The van der Waals surface area contributed by atoms with Crippen LogP contribution in [0.2, 0.25) is 0 Å². The summed E-state index contributed by atoms with van der Waals surface area (Å²) in [5.41, 5.74) is 0.778. The lowest BCUT2D eigenvalue weighted by Crippen LogP contribution is -2.33. The van der Waals surface area contributed by atoms with E-state index in [0.29, 0.717) is 32.5 Å². The number of ether oxygens (including phenoxy) is 1. The third kappa shape index (κ3) is 4.63. The van der Waals surface area contributed by atoms with Crippen LogP contribution in [-0.2, 0) is 22.5 Å². The summed E-state index contributed by atoms with van der Waals surface area (Å²) >= 11 is 0. The molecule has 0 aliphatic carbocycles. The molecule has 1 heterocycles. The molecule has 1 amide bonds. The van der Waals surface area contributed by atoms with Gasteiger partial charge in [-0.15, -0.1) is 0 Å². The van der Waals surface area contributed by atoms with Gasteiger partial charge in [0.1, 0.15) is 11.5 Å². The number of nitrogens with zero attached hydrogens (tertiary/aromatic N) is 1. The Morgan fingerprint density at radius 3 is 2.77 bits per heavy atom. The highest BCUT2D eigenvalue weighted by molar-refractivity contribution is 5.76. The van der Waals surface area contributed by atoms with Crippen molar-refractivity contribution in [1.29, 1.82) is 0 Å². The van der Waals surface area contributed by atoms with E-state index in [2.05, 4.69) is 0 Å². The fourth-order valence-electron chi connectivity index (χ4n) is 2.21. The zero-order chi connectivity index (χ0) is 15.8. The van der Waals surface area contributed by atoms with Crippen molar-refractivity contribution in [3.8, 4) is 5.75 Å². The Kier molecular flexibility index (Phi) is 6.03. The predicted octanol–water partition coefficient (Wildman–Crippen LogP) is 2.59. The molecule has 0 atom stereocenters. The van der Waals surface area contributed by atoms with E-state index >= 15 is 0 Å². The number of hydrogen-bond acceptors (Lipinski definition) is 4. The molecule has 5 nitrogen and oxygen atoms in total. The molecule has 118 valence electrons. The number of phenols is 1. The van der Waals surface area contributed by atoms with Gasteiger partial charge in [-0.25, -0.2) is 0 Å². The van der Waals surface area contributed by atoms with Gasteiger partial charge in [0, 0.05) is 20.1 Å². The summed E-state index contributed by atoms with van der Waals surface area (Å²) in [7, 11) is 1.61. The normalized spacial score (nSPS) is 10.6. The van der Waals surface area contributed by atoms with E-state index in [1.165, 1.54) is 0 Å². The van der Waals surface area contributed by atoms with Gasteiger partial charge in [-0.2, -0.15) is 0 Å². The van der Waals surface area contributed by atoms with Gasteiger partial charge in [-0.05, 0) is 30.2 Å². The molecule has 0 spiro atoms. The summed E-state index contributed by atoms with van der Waals surface area (Å²) in [5.74, 6) is 0.980. The predicted molar refractivity (Wildman–Crippen MR) is 82.4 cm³/mol. The van der Waals surface area contributed by atoms with E-state index in [1.54, 1.807) is 36.5 Å². The maximum absolute atomic E-state index is 12.4. The molecule has 2 aromatic rings. The molecule has 0 fully saturated rings. The molecule has 5 heteroatoms. The molecule has 22 heavy (non-hydrogen) atoms. The number of furan rings is 1. The molecule has 0 aliphatic rings. The summed E-state index contributed by atoms with van der Waals surface area (Å²) in [6.07, 6.45) is 2.44. The van der Waals surface area contributed by atoms with Crippen LogP contribution in [0.1, 0.15) is 17.7 Å². The Morgan fingerprint density at radius 2 is 2.09 bits per heavy atom. The van der Waals surface area contributed by atoms with Crippen molar-refractivity contribution < 1.29 is 19.1 Å². The topological polar surface area (TPSA) is 62.9 Å². The quantitative estimate of drug-likeness (QED) is 0.814. The van der Waals surface area contributed by atoms with Gasteiger partial charge in [0.2, 0.25) is 5.91 Å². The largest absolute Gasteiger partial charge is 0.508 e. The smallest absolute Gasteiger partial charge is 0.223 e. The van der Waals surface area contributed by atoms with Crippen LogP contribution >= 0.6 is 0 Å². The molecular weight excluding hydrogens is 282 g/mol. The number of benzene rings is 1. The van der Waals surface area contributed by atoms with Crippen LogP contribution < -0.4 is 0 Å². The minimum atomic E-state index is 0.0108. The number of aryl methyl sites for hydroxylation is 1. The number of aromatic hydroxyl groups is 1. The summed E-state index contributed by atoms with van der Waals surface area (Å²) in [6.45, 7) is 1.41. The molecule has 1 aromatic carbocycles. The summed E-state index contributed by atoms with van der Waals surface area (Å²) in [6, 6.07) is 10.7. The van der Waals surface area contributed by atoms with E-state index in [1.807, 2.05) is 18.2 Å².